The van der Waals surface area contributed by atoms with Crippen molar-refractivity contribution in [1.29, 1.82) is 0 Å². The molecule has 4 heteroatoms. The van der Waals surface area contributed by atoms with Gasteiger partial charge in [-0.25, -0.2) is 4.39 Å². The zero-order chi connectivity index (χ0) is 15.3. The Morgan fingerprint density at radius 3 is 2.67 bits per heavy atom. The Kier molecular flexibility index (Phi) is 5.34. The molecule has 0 heterocycles. The van der Waals surface area contributed by atoms with Crippen LogP contribution >= 0.6 is 0 Å². The third kappa shape index (κ3) is 4.27. The van der Waals surface area contributed by atoms with Crippen molar-refractivity contribution >= 4 is 5.91 Å². The zero-order valence-electron chi connectivity index (χ0n) is 12.9. The highest BCUT2D eigenvalue weighted by molar-refractivity contribution is 5.77. The lowest BCUT2D eigenvalue weighted by atomic mass is 9.79. The predicted molar refractivity (Wildman–Crippen MR) is 82.5 cm³/mol. The van der Waals surface area contributed by atoms with Gasteiger partial charge in [0, 0.05) is 12.0 Å². The van der Waals surface area contributed by atoms with Gasteiger partial charge in [0.2, 0.25) is 5.91 Å². The van der Waals surface area contributed by atoms with Crippen LogP contribution in [-0.2, 0) is 4.79 Å². The van der Waals surface area contributed by atoms with Crippen LogP contribution in [0.3, 0.4) is 0 Å². The van der Waals surface area contributed by atoms with Gasteiger partial charge in [-0.15, -0.1) is 0 Å². The molecule has 1 amide bonds. The quantitative estimate of drug-likeness (QED) is 0.874. The molecule has 1 saturated carbocycles. The molecule has 0 aliphatic heterocycles. The molecule has 1 aromatic carbocycles. The molecule has 116 valence electrons. The van der Waals surface area contributed by atoms with E-state index in [1.807, 2.05) is 20.0 Å². The standard InChI is InChI=1S/C17H25FN2O/c1-13(14-7-6-8-15(18)11-14)20-16(21)12-17(19-2)9-4-3-5-10-17/h6-8,11,13,19H,3-5,9-10,12H2,1-2H3,(H,20,21)/t13-/m0/s1. The summed E-state index contributed by atoms with van der Waals surface area (Å²) < 4.78 is 13.2. The molecule has 0 unspecified atom stereocenters. The summed E-state index contributed by atoms with van der Waals surface area (Å²) in [5, 5.41) is 6.33. The number of hydrogen-bond acceptors (Lipinski definition) is 2. The predicted octanol–water partition coefficient (Wildman–Crippen LogP) is 3.32. The summed E-state index contributed by atoms with van der Waals surface area (Å²) in [6.45, 7) is 1.89. The maximum absolute atomic E-state index is 13.2. The SMILES string of the molecule is CNC1(CC(=O)N[C@@H](C)c2cccc(F)c2)CCCCC1. The minimum atomic E-state index is -0.271. The summed E-state index contributed by atoms with van der Waals surface area (Å²) in [6.07, 6.45) is 6.19. The number of halogens is 1. The van der Waals surface area contributed by atoms with Crippen molar-refractivity contribution in [2.75, 3.05) is 7.05 Å². The summed E-state index contributed by atoms with van der Waals surface area (Å²) in [5.74, 6) is -0.240. The van der Waals surface area contributed by atoms with E-state index in [1.54, 1.807) is 6.07 Å². The molecule has 1 aromatic rings. The monoisotopic (exact) mass is 292 g/mol. The fourth-order valence-electron chi connectivity index (χ4n) is 3.20. The van der Waals surface area contributed by atoms with Crippen LogP contribution in [0.5, 0.6) is 0 Å². The summed E-state index contributed by atoms with van der Waals surface area (Å²) in [4.78, 5) is 12.3. The third-order valence-electron chi connectivity index (χ3n) is 4.57. The van der Waals surface area contributed by atoms with E-state index in [4.69, 9.17) is 0 Å². The molecule has 21 heavy (non-hydrogen) atoms. The van der Waals surface area contributed by atoms with Crippen LogP contribution in [0.4, 0.5) is 4.39 Å². The Bertz CT molecular complexity index is 483. The number of carbonyl (C=O) groups excluding carboxylic acids is 1. The number of rotatable bonds is 5. The van der Waals surface area contributed by atoms with Crippen LogP contribution in [0.15, 0.2) is 24.3 Å². The molecule has 0 spiro atoms. The van der Waals surface area contributed by atoms with E-state index in [0.29, 0.717) is 6.42 Å². The Labute approximate surface area is 126 Å². The van der Waals surface area contributed by atoms with E-state index in [-0.39, 0.29) is 23.3 Å². The normalized spacial score (nSPS) is 19.0. The highest BCUT2D eigenvalue weighted by Gasteiger charge is 2.32. The molecule has 3 nitrogen and oxygen atoms in total. The molecule has 0 saturated heterocycles. The van der Waals surface area contributed by atoms with Gasteiger partial charge < -0.3 is 10.6 Å². The molecule has 0 bridgehead atoms. The summed E-state index contributed by atoms with van der Waals surface area (Å²) >= 11 is 0. The minimum absolute atomic E-state index is 0.0306. The summed E-state index contributed by atoms with van der Waals surface area (Å²) in [5.41, 5.74) is 0.731. The summed E-state index contributed by atoms with van der Waals surface area (Å²) in [6, 6.07) is 6.22. The average Bonchev–Trinajstić information content (AvgIpc) is 2.48. The van der Waals surface area contributed by atoms with Crippen LogP contribution in [0.25, 0.3) is 0 Å². The van der Waals surface area contributed by atoms with Gasteiger partial charge >= 0.3 is 0 Å². The van der Waals surface area contributed by atoms with Crippen molar-refractivity contribution in [3.05, 3.63) is 35.6 Å². The van der Waals surface area contributed by atoms with E-state index in [0.717, 1.165) is 18.4 Å². The first-order valence-corrected chi connectivity index (χ1v) is 7.78. The van der Waals surface area contributed by atoms with E-state index >= 15 is 0 Å². The molecule has 1 atom stereocenters. The molecule has 0 aromatic heterocycles. The molecule has 1 aliphatic carbocycles. The Morgan fingerprint density at radius 1 is 1.33 bits per heavy atom. The van der Waals surface area contributed by atoms with Crippen molar-refractivity contribution in [3.63, 3.8) is 0 Å². The van der Waals surface area contributed by atoms with Crippen LogP contribution < -0.4 is 10.6 Å². The topological polar surface area (TPSA) is 41.1 Å². The van der Waals surface area contributed by atoms with Crippen molar-refractivity contribution in [2.24, 2.45) is 0 Å². The van der Waals surface area contributed by atoms with Gasteiger partial charge in [-0.05, 0) is 44.5 Å². The van der Waals surface area contributed by atoms with Gasteiger partial charge in [0.15, 0.2) is 0 Å². The second-order valence-electron chi connectivity index (χ2n) is 6.11. The number of nitrogens with one attached hydrogen (secondary N) is 2. The van der Waals surface area contributed by atoms with Crippen LogP contribution in [0.2, 0.25) is 0 Å². The maximum Gasteiger partial charge on any atom is 0.222 e. The first-order chi connectivity index (χ1) is 10.0. The first-order valence-electron chi connectivity index (χ1n) is 7.78. The number of hydrogen-bond donors (Lipinski definition) is 2. The fraction of sp³-hybridized carbons (Fsp3) is 0.588. The minimum Gasteiger partial charge on any atom is -0.350 e. The van der Waals surface area contributed by atoms with Gasteiger partial charge in [-0.3, -0.25) is 4.79 Å². The number of carbonyl (C=O) groups is 1. The van der Waals surface area contributed by atoms with Crippen LogP contribution in [-0.4, -0.2) is 18.5 Å². The lowest BCUT2D eigenvalue weighted by Gasteiger charge is -2.37. The molecule has 1 fully saturated rings. The molecule has 2 N–H and O–H groups in total. The molecular weight excluding hydrogens is 267 g/mol. The average molecular weight is 292 g/mol. The Hall–Kier alpha value is -1.42. The Morgan fingerprint density at radius 2 is 2.05 bits per heavy atom. The molecule has 2 rings (SSSR count). The zero-order valence-corrected chi connectivity index (χ0v) is 12.9. The summed E-state index contributed by atoms with van der Waals surface area (Å²) in [7, 11) is 1.94. The van der Waals surface area contributed by atoms with Crippen LogP contribution in [0, 0.1) is 5.82 Å². The van der Waals surface area contributed by atoms with E-state index in [9.17, 15) is 9.18 Å². The highest BCUT2D eigenvalue weighted by Crippen LogP contribution is 2.30. The van der Waals surface area contributed by atoms with Crippen molar-refractivity contribution in [1.82, 2.24) is 10.6 Å². The van der Waals surface area contributed by atoms with Gasteiger partial charge in [-0.1, -0.05) is 31.4 Å². The first kappa shape index (κ1) is 16.0. The van der Waals surface area contributed by atoms with Gasteiger partial charge in [0.25, 0.3) is 0 Å². The Balaban J connectivity index is 1.94. The lowest BCUT2D eigenvalue weighted by Crippen LogP contribution is -2.48. The maximum atomic E-state index is 13.2. The number of amides is 1. The van der Waals surface area contributed by atoms with E-state index < -0.39 is 0 Å². The third-order valence-corrected chi connectivity index (χ3v) is 4.57. The molecule has 1 aliphatic rings. The van der Waals surface area contributed by atoms with Crippen molar-refractivity contribution in [2.45, 2.75) is 57.0 Å². The number of benzene rings is 1. The van der Waals surface area contributed by atoms with Crippen molar-refractivity contribution in [3.8, 4) is 0 Å². The smallest absolute Gasteiger partial charge is 0.222 e. The van der Waals surface area contributed by atoms with Gasteiger partial charge in [0.1, 0.15) is 5.82 Å². The van der Waals surface area contributed by atoms with Gasteiger partial charge in [0.05, 0.1) is 6.04 Å². The second kappa shape index (κ2) is 7.03. The van der Waals surface area contributed by atoms with Crippen molar-refractivity contribution < 1.29 is 9.18 Å². The largest absolute Gasteiger partial charge is 0.350 e. The van der Waals surface area contributed by atoms with E-state index in [2.05, 4.69) is 10.6 Å². The molecular formula is C17H25FN2O. The molecule has 0 radical (unpaired) electrons. The second-order valence-corrected chi connectivity index (χ2v) is 6.11. The van der Waals surface area contributed by atoms with Crippen LogP contribution in [0.1, 0.15) is 57.1 Å². The lowest BCUT2D eigenvalue weighted by molar-refractivity contribution is -0.123. The van der Waals surface area contributed by atoms with Gasteiger partial charge in [-0.2, -0.15) is 0 Å². The van der Waals surface area contributed by atoms with E-state index in [1.165, 1.54) is 31.4 Å². The highest BCUT2D eigenvalue weighted by atomic mass is 19.1. The fourth-order valence-corrected chi connectivity index (χ4v) is 3.20.